The van der Waals surface area contributed by atoms with Crippen molar-refractivity contribution in [2.75, 3.05) is 19.4 Å². The number of thiol groups is 1. The number of rotatable bonds is 10. The summed E-state index contributed by atoms with van der Waals surface area (Å²) in [5.41, 5.74) is 0.575. The van der Waals surface area contributed by atoms with E-state index in [9.17, 15) is 19.2 Å². The van der Waals surface area contributed by atoms with E-state index in [-0.39, 0.29) is 18.3 Å². The standard InChI is InChI=1S/C24H33N3O6S/c1-6-15-8-7-9-16(12-15)20(21(29)25-13-19(28)32-5)27(17-10-11-17)22(30)18(14-34)26-23(31)33-24(2,3)4/h6-9,12,17-18,20,34H,1,10-11,13-14H2,2-5H3,(H,25,29)(H,26,31). The summed E-state index contributed by atoms with van der Waals surface area (Å²) in [5, 5.41) is 5.11. The molecule has 1 aliphatic rings. The number of carbonyl (C=O) groups is 4. The summed E-state index contributed by atoms with van der Waals surface area (Å²) < 4.78 is 9.89. The van der Waals surface area contributed by atoms with Crippen LogP contribution in [0.1, 0.15) is 50.8 Å². The van der Waals surface area contributed by atoms with Gasteiger partial charge in [-0.2, -0.15) is 12.6 Å². The Kier molecular flexibility index (Phi) is 9.55. The van der Waals surface area contributed by atoms with Crippen molar-refractivity contribution in [3.05, 3.63) is 42.0 Å². The zero-order valence-corrected chi connectivity index (χ0v) is 20.9. The van der Waals surface area contributed by atoms with Gasteiger partial charge in [0.25, 0.3) is 0 Å². The first kappa shape index (κ1) is 27.2. The smallest absolute Gasteiger partial charge is 0.408 e. The second-order valence-electron chi connectivity index (χ2n) is 8.93. The third kappa shape index (κ3) is 7.79. The fourth-order valence-electron chi connectivity index (χ4n) is 3.31. The number of amides is 3. The molecule has 2 atom stereocenters. The average molecular weight is 492 g/mol. The van der Waals surface area contributed by atoms with Crippen LogP contribution in [0.3, 0.4) is 0 Å². The van der Waals surface area contributed by atoms with Gasteiger partial charge in [0, 0.05) is 11.8 Å². The van der Waals surface area contributed by atoms with Crippen molar-refractivity contribution < 1.29 is 28.7 Å². The van der Waals surface area contributed by atoms with Crippen molar-refractivity contribution in [2.45, 2.75) is 57.3 Å². The Labute approximate surface area is 205 Å². The van der Waals surface area contributed by atoms with E-state index in [1.807, 2.05) is 6.07 Å². The van der Waals surface area contributed by atoms with E-state index < -0.39 is 41.6 Å². The first-order valence-electron chi connectivity index (χ1n) is 11.0. The van der Waals surface area contributed by atoms with Crippen LogP contribution in [0.2, 0.25) is 0 Å². The number of hydrogen-bond acceptors (Lipinski definition) is 7. The van der Waals surface area contributed by atoms with Crippen molar-refractivity contribution in [1.82, 2.24) is 15.5 Å². The van der Waals surface area contributed by atoms with Crippen LogP contribution in [-0.2, 0) is 23.9 Å². The van der Waals surface area contributed by atoms with Crippen LogP contribution in [0, 0.1) is 0 Å². The molecule has 1 aromatic carbocycles. The molecule has 0 bridgehead atoms. The lowest BCUT2D eigenvalue weighted by Crippen LogP contribution is -2.54. The number of carbonyl (C=O) groups excluding carboxylic acids is 4. The van der Waals surface area contributed by atoms with Crippen molar-refractivity contribution >= 4 is 42.6 Å². The van der Waals surface area contributed by atoms with Crippen molar-refractivity contribution in [3.63, 3.8) is 0 Å². The minimum absolute atomic E-state index is 0.00446. The number of benzene rings is 1. The van der Waals surface area contributed by atoms with Crippen LogP contribution in [0.4, 0.5) is 4.79 Å². The molecule has 1 saturated carbocycles. The summed E-state index contributed by atoms with van der Waals surface area (Å²) in [5.74, 6) is -1.62. The van der Waals surface area contributed by atoms with Crippen molar-refractivity contribution in [3.8, 4) is 0 Å². The van der Waals surface area contributed by atoms with Crippen LogP contribution in [0.25, 0.3) is 6.08 Å². The molecule has 2 unspecified atom stereocenters. The first-order valence-corrected chi connectivity index (χ1v) is 11.6. The zero-order valence-electron chi connectivity index (χ0n) is 20.0. The molecule has 1 aromatic rings. The van der Waals surface area contributed by atoms with Crippen LogP contribution in [0.5, 0.6) is 0 Å². The summed E-state index contributed by atoms with van der Waals surface area (Å²) in [6.45, 7) is 8.57. The van der Waals surface area contributed by atoms with Crippen molar-refractivity contribution in [1.29, 1.82) is 0 Å². The van der Waals surface area contributed by atoms with E-state index in [2.05, 4.69) is 34.6 Å². The molecule has 0 aliphatic heterocycles. The molecule has 2 N–H and O–H groups in total. The highest BCUT2D eigenvalue weighted by molar-refractivity contribution is 7.80. The predicted molar refractivity (Wildman–Crippen MR) is 131 cm³/mol. The quantitative estimate of drug-likeness (QED) is 0.342. The van der Waals surface area contributed by atoms with Crippen LogP contribution < -0.4 is 10.6 Å². The molecule has 1 fully saturated rings. The van der Waals surface area contributed by atoms with Gasteiger partial charge in [0.05, 0.1) is 7.11 Å². The van der Waals surface area contributed by atoms with Crippen LogP contribution in [-0.4, -0.2) is 65.9 Å². The third-order valence-corrected chi connectivity index (χ3v) is 5.35. The highest BCUT2D eigenvalue weighted by Gasteiger charge is 2.44. The second-order valence-corrected chi connectivity index (χ2v) is 9.29. The Balaban J connectivity index is 2.39. The number of alkyl carbamates (subject to hydrolysis) is 1. The predicted octanol–water partition coefficient (Wildman–Crippen LogP) is 2.47. The number of hydrogen-bond donors (Lipinski definition) is 3. The molecule has 186 valence electrons. The summed E-state index contributed by atoms with van der Waals surface area (Å²) in [6, 6.07) is 4.83. The van der Waals surface area contributed by atoms with Gasteiger partial charge in [0.1, 0.15) is 24.2 Å². The highest BCUT2D eigenvalue weighted by atomic mass is 32.1. The van der Waals surface area contributed by atoms with E-state index in [1.165, 1.54) is 12.0 Å². The molecule has 2 rings (SSSR count). The molecule has 3 amide bonds. The number of nitrogens with zero attached hydrogens (tertiary/aromatic N) is 1. The topological polar surface area (TPSA) is 114 Å². The lowest BCUT2D eigenvalue weighted by atomic mass is 10.00. The summed E-state index contributed by atoms with van der Waals surface area (Å²) in [4.78, 5) is 52.3. The Morgan fingerprint density at radius 2 is 1.94 bits per heavy atom. The average Bonchev–Trinajstić information content (AvgIpc) is 3.62. The van der Waals surface area contributed by atoms with Gasteiger partial charge in [-0.25, -0.2) is 4.79 Å². The second kappa shape index (κ2) is 11.9. The zero-order chi connectivity index (χ0) is 25.5. The monoisotopic (exact) mass is 491 g/mol. The van der Waals surface area contributed by atoms with Crippen LogP contribution >= 0.6 is 12.6 Å². The molecule has 0 saturated heterocycles. The highest BCUT2D eigenvalue weighted by Crippen LogP contribution is 2.36. The van der Waals surface area contributed by atoms with E-state index in [0.717, 1.165) is 5.56 Å². The molecule has 0 heterocycles. The lowest BCUT2D eigenvalue weighted by molar-refractivity contribution is -0.145. The molecule has 34 heavy (non-hydrogen) atoms. The Morgan fingerprint density at radius 1 is 1.26 bits per heavy atom. The third-order valence-electron chi connectivity index (χ3n) is 4.99. The molecular weight excluding hydrogens is 458 g/mol. The number of methoxy groups -OCH3 is 1. The van der Waals surface area contributed by atoms with E-state index >= 15 is 0 Å². The van der Waals surface area contributed by atoms with Gasteiger partial charge < -0.3 is 25.0 Å². The molecule has 0 aromatic heterocycles. The van der Waals surface area contributed by atoms with Crippen molar-refractivity contribution in [2.24, 2.45) is 0 Å². The van der Waals surface area contributed by atoms with Gasteiger partial charge in [0.2, 0.25) is 11.8 Å². The maximum Gasteiger partial charge on any atom is 0.408 e. The van der Waals surface area contributed by atoms with Gasteiger partial charge in [-0.15, -0.1) is 0 Å². The minimum atomic E-state index is -1.03. The van der Waals surface area contributed by atoms with Gasteiger partial charge in [-0.1, -0.05) is 30.9 Å². The van der Waals surface area contributed by atoms with E-state index in [4.69, 9.17) is 4.74 Å². The summed E-state index contributed by atoms with van der Waals surface area (Å²) in [7, 11) is 1.22. The minimum Gasteiger partial charge on any atom is -0.468 e. The summed E-state index contributed by atoms with van der Waals surface area (Å²) in [6.07, 6.45) is 2.30. The molecule has 10 heteroatoms. The van der Waals surface area contributed by atoms with E-state index in [0.29, 0.717) is 18.4 Å². The molecule has 1 aliphatic carbocycles. The van der Waals surface area contributed by atoms with Gasteiger partial charge in [-0.05, 0) is 50.8 Å². The fraction of sp³-hybridized carbons (Fsp3) is 0.500. The van der Waals surface area contributed by atoms with Gasteiger partial charge in [-0.3, -0.25) is 14.4 Å². The molecule has 9 nitrogen and oxygen atoms in total. The van der Waals surface area contributed by atoms with Gasteiger partial charge >= 0.3 is 12.1 Å². The van der Waals surface area contributed by atoms with Gasteiger partial charge in [0.15, 0.2) is 0 Å². The maximum absolute atomic E-state index is 13.6. The molecule has 0 radical (unpaired) electrons. The molecular formula is C24H33N3O6S. The normalized spacial score (nSPS) is 14.9. The first-order chi connectivity index (χ1) is 16.0. The Hall–Kier alpha value is -3.01. The number of nitrogens with one attached hydrogen (secondary N) is 2. The Bertz CT molecular complexity index is 926. The number of ether oxygens (including phenoxy) is 2. The lowest BCUT2D eigenvalue weighted by Gasteiger charge is -2.34. The fourth-order valence-corrected chi connectivity index (χ4v) is 3.56. The number of esters is 1. The molecule has 0 spiro atoms. The van der Waals surface area contributed by atoms with E-state index in [1.54, 1.807) is 45.0 Å². The van der Waals surface area contributed by atoms with Crippen LogP contribution in [0.15, 0.2) is 30.8 Å². The SMILES string of the molecule is C=Cc1cccc(C(C(=O)NCC(=O)OC)N(C(=O)C(CS)NC(=O)OC(C)(C)C)C2CC2)c1. The maximum atomic E-state index is 13.6. The largest absolute Gasteiger partial charge is 0.468 e. The Morgan fingerprint density at radius 3 is 2.47 bits per heavy atom. The summed E-state index contributed by atoms with van der Waals surface area (Å²) >= 11 is 4.25.